The first-order chi connectivity index (χ1) is 13.5. The maximum Gasteiger partial charge on any atom is 0.253 e. The predicted octanol–water partition coefficient (Wildman–Crippen LogP) is 3.21. The molecule has 2 heterocycles. The molecule has 0 aliphatic rings. The van der Waals surface area contributed by atoms with Crippen molar-refractivity contribution in [2.24, 2.45) is 0 Å². The summed E-state index contributed by atoms with van der Waals surface area (Å²) in [6.45, 7) is 4.66. The molecule has 3 rings (SSSR count). The highest BCUT2D eigenvalue weighted by atomic mass is 19.1. The van der Waals surface area contributed by atoms with Crippen molar-refractivity contribution < 1.29 is 9.18 Å². The van der Waals surface area contributed by atoms with E-state index in [4.69, 9.17) is 0 Å². The molecule has 0 unspecified atom stereocenters. The van der Waals surface area contributed by atoms with Gasteiger partial charge in [-0.25, -0.2) is 9.37 Å². The van der Waals surface area contributed by atoms with Crippen LogP contribution in [0, 0.1) is 19.7 Å². The van der Waals surface area contributed by atoms with Crippen molar-refractivity contribution in [3.63, 3.8) is 0 Å². The lowest BCUT2D eigenvalue weighted by molar-refractivity contribution is 0.0954. The van der Waals surface area contributed by atoms with Crippen molar-refractivity contribution in [3.05, 3.63) is 71.4 Å². The van der Waals surface area contributed by atoms with Gasteiger partial charge in [-0.15, -0.1) is 0 Å². The highest BCUT2D eigenvalue weighted by molar-refractivity contribution is 5.93. The van der Waals surface area contributed by atoms with E-state index in [1.165, 1.54) is 11.8 Å². The van der Waals surface area contributed by atoms with Crippen molar-refractivity contribution in [3.8, 4) is 0 Å². The van der Waals surface area contributed by atoms with Gasteiger partial charge in [-0.2, -0.15) is 4.98 Å². The molecule has 0 saturated carbocycles. The lowest BCUT2D eigenvalue weighted by Crippen LogP contribution is -2.29. The second-order valence-electron chi connectivity index (χ2n) is 6.28. The fourth-order valence-electron chi connectivity index (χ4n) is 2.48. The minimum atomic E-state index is -0.549. The van der Waals surface area contributed by atoms with Crippen molar-refractivity contribution in [2.45, 2.75) is 13.8 Å². The number of aromatic nitrogens is 3. The van der Waals surface area contributed by atoms with Crippen LogP contribution >= 0.6 is 0 Å². The quantitative estimate of drug-likeness (QED) is 0.545. The number of pyridine rings is 1. The molecule has 3 aromatic rings. The zero-order chi connectivity index (χ0) is 19.9. The molecule has 0 aliphatic heterocycles. The van der Waals surface area contributed by atoms with E-state index >= 15 is 0 Å². The van der Waals surface area contributed by atoms with Gasteiger partial charge < -0.3 is 16.0 Å². The maximum atomic E-state index is 13.1. The number of anilines is 3. The van der Waals surface area contributed by atoms with Crippen LogP contribution < -0.4 is 16.0 Å². The highest BCUT2D eigenvalue weighted by Crippen LogP contribution is 2.17. The van der Waals surface area contributed by atoms with Gasteiger partial charge in [0.05, 0.1) is 11.8 Å². The number of nitrogens with zero attached hydrogens (tertiary/aromatic N) is 3. The van der Waals surface area contributed by atoms with Crippen LogP contribution in [0.5, 0.6) is 0 Å². The molecule has 1 aromatic carbocycles. The van der Waals surface area contributed by atoms with Crippen LogP contribution in [-0.2, 0) is 0 Å². The number of carbonyl (C=O) groups excluding carboxylic acids is 1. The summed E-state index contributed by atoms with van der Waals surface area (Å²) < 4.78 is 13.1. The largest absolute Gasteiger partial charge is 0.352 e. The normalized spacial score (nSPS) is 10.4. The van der Waals surface area contributed by atoms with E-state index in [9.17, 15) is 9.18 Å². The Labute approximate surface area is 162 Å². The van der Waals surface area contributed by atoms with Gasteiger partial charge in [0.1, 0.15) is 11.6 Å². The van der Waals surface area contributed by atoms with E-state index in [-0.39, 0.29) is 11.5 Å². The maximum absolute atomic E-state index is 13.1. The van der Waals surface area contributed by atoms with E-state index in [0.717, 1.165) is 23.6 Å². The van der Waals surface area contributed by atoms with E-state index < -0.39 is 5.82 Å². The number of aryl methyl sites for hydroxylation is 2. The molecule has 7 nitrogen and oxygen atoms in total. The number of rotatable bonds is 7. The Morgan fingerprint density at radius 3 is 2.57 bits per heavy atom. The van der Waals surface area contributed by atoms with E-state index in [1.54, 1.807) is 0 Å². The number of hydrogen-bond acceptors (Lipinski definition) is 6. The number of hydrogen-bond donors (Lipinski definition) is 3. The van der Waals surface area contributed by atoms with Gasteiger partial charge in [0.2, 0.25) is 5.95 Å². The van der Waals surface area contributed by atoms with Crippen molar-refractivity contribution in [2.75, 3.05) is 23.7 Å². The van der Waals surface area contributed by atoms with Gasteiger partial charge in [0.25, 0.3) is 5.91 Å². The topological polar surface area (TPSA) is 91.8 Å². The summed E-state index contributed by atoms with van der Waals surface area (Å²) in [7, 11) is 0. The van der Waals surface area contributed by atoms with Crippen LogP contribution in [-0.4, -0.2) is 33.9 Å². The third-order valence-corrected chi connectivity index (χ3v) is 3.84. The fourth-order valence-corrected chi connectivity index (χ4v) is 2.48. The lowest BCUT2D eigenvalue weighted by atomic mass is 10.2. The number of benzene rings is 1. The Morgan fingerprint density at radius 2 is 1.82 bits per heavy atom. The summed E-state index contributed by atoms with van der Waals surface area (Å²) in [5.41, 5.74) is 3.10. The Kier molecular flexibility index (Phi) is 6.11. The molecule has 28 heavy (non-hydrogen) atoms. The van der Waals surface area contributed by atoms with Crippen LogP contribution in [0.3, 0.4) is 0 Å². The third kappa shape index (κ3) is 5.47. The molecular weight excluding hydrogens is 359 g/mol. The van der Waals surface area contributed by atoms with Crippen LogP contribution in [0.15, 0.2) is 48.8 Å². The number of amides is 1. The zero-order valence-electron chi connectivity index (χ0n) is 15.7. The molecule has 0 atom stereocenters. The number of nitrogens with one attached hydrogen (secondary N) is 3. The van der Waals surface area contributed by atoms with Gasteiger partial charge >= 0.3 is 0 Å². The molecule has 0 fully saturated rings. The third-order valence-electron chi connectivity index (χ3n) is 3.84. The summed E-state index contributed by atoms with van der Waals surface area (Å²) in [6, 6.07) is 11.0. The number of halogens is 1. The molecule has 0 radical (unpaired) electrons. The fraction of sp³-hybridized carbons (Fsp3) is 0.200. The standard InChI is InChI=1S/C20H21FN6O/c1-13-3-5-17(6-4-13)26-18-9-14(2)25-20(27-18)24-8-7-23-19(28)15-10-16(21)12-22-11-15/h3-6,9-12H,7-8H2,1-2H3,(H,23,28)(H2,24,25,26,27). The van der Waals surface area contributed by atoms with Crippen LogP contribution in [0.1, 0.15) is 21.6 Å². The second-order valence-corrected chi connectivity index (χ2v) is 6.28. The van der Waals surface area contributed by atoms with Crippen LogP contribution in [0.2, 0.25) is 0 Å². The smallest absolute Gasteiger partial charge is 0.253 e. The molecule has 0 spiro atoms. The average molecular weight is 380 g/mol. The minimum absolute atomic E-state index is 0.177. The molecule has 0 bridgehead atoms. The molecule has 144 valence electrons. The van der Waals surface area contributed by atoms with Gasteiger partial charge in [-0.3, -0.25) is 9.78 Å². The second kappa shape index (κ2) is 8.90. The first-order valence-corrected chi connectivity index (χ1v) is 8.81. The monoisotopic (exact) mass is 380 g/mol. The Balaban J connectivity index is 1.53. The molecule has 1 amide bonds. The summed E-state index contributed by atoms with van der Waals surface area (Å²) in [5, 5.41) is 9.01. The van der Waals surface area contributed by atoms with Gasteiger partial charge in [-0.1, -0.05) is 17.7 Å². The SMILES string of the molecule is Cc1ccc(Nc2cc(C)nc(NCCNC(=O)c3cncc(F)c3)n2)cc1. The summed E-state index contributed by atoms with van der Waals surface area (Å²) in [5.74, 6) is 0.193. The Hall–Kier alpha value is -3.55. The highest BCUT2D eigenvalue weighted by Gasteiger charge is 2.07. The van der Waals surface area contributed by atoms with Crippen molar-refractivity contribution >= 4 is 23.4 Å². The molecular formula is C20H21FN6O. The molecule has 3 N–H and O–H groups in total. The predicted molar refractivity (Wildman–Crippen MR) is 106 cm³/mol. The Bertz CT molecular complexity index is 961. The lowest BCUT2D eigenvalue weighted by Gasteiger charge is -2.11. The van der Waals surface area contributed by atoms with E-state index in [1.807, 2.05) is 44.2 Å². The zero-order valence-corrected chi connectivity index (χ0v) is 15.7. The summed E-state index contributed by atoms with van der Waals surface area (Å²) in [4.78, 5) is 24.4. The first kappa shape index (κ1) is 19.2. The first-order valence-electron chi connectivity index (χ1n) is 8.81. The van der Waals surface area contributed by atoms with Gasteiger partial charge in [-0.05, 0) is 32.0 Å². The van der Waals surface area contributed by atoms with Crippen molar-refractivity contribution in [1.82, 2.24) is 20.3 Å². The summed E-state index contributed by atoms with van der Waals surface area (Å²) >= 11 is 0. The van der Waals surface area contributed by atoms with Crippen LogP contribution in [0.25, 0.3) is 0 Å². The average Bonchev–Trinajstić information content (AvgIpc) is 2.66. The Morgan fingerprint density at radius 1 is 1.04 bits per heavy atom. The van der Waals surface area contributed by atoms with Gasteiger partial charge in [0, 0.05) is 36.7 Å². The number of carbonyl (C=O) groups is 1. The van der Waals surface area contributed by atoms with Crippen LogP contribution in [0.4, 0.5) is 21.8 Å². The van der Waals surface area contributed by atoms with E-state index in [0.29, 0.717) is 24.9 Å². The summed E-state index contributed by atoms with van der Waals surface area (Å²) in [6.07, 6.45) is 2.37. The minimum Gasteiger partial charge on any atom is -0.352 e. The molecule has 0 aliphatic carbocycles. The van der Waals surface area contributed by atoms with E-state index in [2.05, 4.69) is 30.9 Å². The molecule has 2 aromatic heterocycles. The van der Waals surface area contributed by atoms with Crippen molar-refractivity contribution in [1.29, 1.82) is 0 Å². The molecule has 8 heteroatoms. The van der Waals surface area contributed by atoms with Gasteiger partial charge in [0.15, 0.2) is 0 Å². The molecule has 0 saturated heterocycles.